The molecule has 1 aliphatic heterocycles. The second-order valence-electron chi connectivity index (χ2n) is 6.03. The zero-order valence-electron chi connectivity index (χ0n) is 13.9. The van der Waals surface area contributed by atoms with E-state index in [9.17, 15) is 4.79 Å². The van der Waals surface area contributed by atoms with Crippen molar-refractivity contribution in [2.75, 3.05) is 13.1 Å². The Hall–Kier alpha value is -2.05. The van der Waals surface area contributed by atoms with Gasteiger partial charge in [0, 0.05) is 49.3 Å². The highest BCUT2D eigenvalue weighted by molar-refractivity contribution is 7.09. The van der Waals surface area contributed by atoms with Gasteiger partial charge in [-0.15, -0.1) is 11.3 Å². The lowest BCUT2D eigenvalue weighted by Gasteiger charge is -2.27. The minimum atomic E-state index is -0.0939. The molecule has 3 rings (SSSR count). The van der Waals surface area contributed by atoms with Gasteiger partial charge in [0.2, 0.25) is 5.91 Å². The topological polar surface area (TPSA) is 57.6 Å². The fraction of sp³-hybridized carbons (Fsp3) is 0.389. The first-order valence-corrected chi connectivity index (χ1v) is 9.08. The molecule has 24 heavy (non-hydrogen) atoms. The maximum absolute atomic E-state index is 11.9. The van der Waals surface area contributed by atoms with E-state index in [1.165, 1.54) is 16.9 Å². The quantitative estimate of drug-likeness (QED) is 0.850. The monoisotopic (exact) mass is 342 g/mol. The third kappa shape index (κ3) is 4.97. The molecular weight excluding hydrogens is 320 g/mol. The average Bonchev–Trinajstić information content (AvgIpc) is 3.00. The third-order valence-corrected chi connectivity index (χ3v) is 4.97. The summed E-state index contributed by atoms with van der Waals surface area (Å²) in [6.45, 7) is 4.87. The Morgan fingerprint density at radius 3 is 2.71 bits per heavy atom. The van der Waals surface area contributed by atoms with E-state index in [1.54, 1.807) is 0 Å². The van der Waals surface area contributed by atoms with Crippen molar-refractivity contribution in [3.63, 3.8) is 0 Å². The molecule has 0 unspecified atom stereocenters. The fourth-order valence-electron chi connectivity index (χ4n) is 2.72. The van der Waals surface area contributed by atoms with Crippen LogP contribution in [-0.4, -0.2) is 34.6 Å². The normalized spacial score (nSPS) is 15.3. The van der Waals surface area contributed by atoms with E-state index in [-0.39, 0.29) is 5.91 Å². The van der Waals surface area contributed by atoms with Crippen molar-refractivity contribution in [1.29, 1.82) is 0 Å². The Bertz CT molecular complexity index is 701. The molecule has 0 aliphatic carbocycles. The van der Waals surface area contributed by atoms with E-state index in [0.29, 0.717) is 6.42 Å². The van der Waals surface area contributed by atoms with Crippen molar-refractivity contribution in [2.24, 2.45) is 5.10 Å². The van der Waals surface area contributed by atoms with Crippen LogP contribution < -0.4 is 5.43 Å². The van der Waals surface area contributed by atoms with Gasteiger partial charge in [0.1, 0.15) is 5.01 Å². The molecular formula is C18H22N4OS. The van der Waals surface area contributed by atoms with Crippen LogP contribution in [0.5, 0.6) is 0 Å². The molecule has 1 aromatic heterocycles. The van der Waals surface area contributed by atoms with Gasteiger partial charge in [0.25, 0.3) is 0 Å². The molecule has 0 saturated carbocycles. The molecule has 0 bridgehead atoms. The largest absolute Gasteiger partial charge is 0.298 e. The first kappa shape index (κ1) is 16.8. The molecule has 1 saturated heterocycles. The van der Waals surface area contributed by atoms with Crippen LogP contribution in [0.2, 0.25) is 0 Å². The third-order valence-electron chi connectivity index (χ3n) is 4.00. The molecule has 1 N–H and O–H groups in total. The number of amides is 1. The van der Waals surface area contributed by atoms with Crippen molar-refractivity contribution in [2.45, 2.75) is 32.7 Å². The number of carbonyl (C=O) groups is 1. The van der Waals surface area contributed by atoms with Crippen LogP contribution in [0.1, 0.15) is 29.1 Å². The molecule has 0 spiro atoms. The number of likely N-dealkylation sites (tertiary alicyclic amines) is 1. The van der Waals surface area contributed by atoms with Crippen LogP contribution >= 0.6 is 11.3 Å². The average molecular weight is 342 g/mol. The summed E-state index contributed by atoms with van der Waals surface area (Å²) in [5.74, 6) is -0.0939. The van der Waals surface area contributed by atoms with Crippen molar-refractivity contribution >= 4 is 23.0 Å². The second-order valence-corrected chi connectivity index (χ2v) is 6.98. The van der Waals surface area contributed by atoms with Crippen molar-refractivity contribution in [3.8, 4) is 0 Å². The Balaban J connectivity index is 1.42. The zero-order valence-corrected chi connectivity index (χ0v) is 14.7. The highest BCUT2D eigenvalue weighted by Gasteiger charge is 2.15. The van der Waals surface area contributed by atoms with E-state index in [2.05, 4.69) is 44.7 Å². The molecule has 5 nitrogen and oxygen atoms in total. The van der Waals surface area contributed by atoms with Gasteiger partial charge in [-0.25, -0.2) is 10.4 Å². The minimum absolute atomic E-state index is 0.0939. The molecule has 2 heterocycles. The number of piperidine rings is 1. The maximum atomic E-state index is 11.9. The first-order chi connectivity index (χ1) is 11.7. The van der Waals surface area contributed by atoms with Crippen LogP contribution in [0, 0.1) is 6.92 Å². The highest BCUT2D eigenvalue weighted by Crippen LogP contribution is 2.12. The Morgan fingerprint density at radius 1 is 1.29 bits per heavy atom. The smallest absolute Gasteiger partial charge is 0.246 e. The lowest BCUT2D eigenvalue weighted by atomic mass is 10.1. The van der Waals surface area contributed by atoms with Crippen molar-refractivity contribution < 1.29 is 4.79 Å². The van der Waals surface area contributed by atoms with Crippen LogP contribution in [0.25, 0.3) is 0 Å². The molecule has 6 heteroatoms. The predicted molar refractivity (Wildman–Crippen MR) is 97.1 cm³/mol. The van der Waals surface area contributed by atoms with Gasteiger partial charge in [-0.05, 0) is 12.5 Å². The van der Waals surface area contributed by atoms with E-state index >= 15 is 0 Å². The van der Waals surface area contributed by atoms with E-state index < -0.39 is 0 Å². The van der Waals surface area contributed by atoms with Gasteiger partial charge >= 0.3 is 0 Å². The van der Waals surface area contributed by atoms with Gasteiger partial charge in [-0.3, -0.25) is 9.69 Å². The van der Waals surface area contributed by atoms with E-state index in [4.69, 9.17) is 0 Å². The summed E-state index contributed by atoms with van der Waals surface area (Å²) in [6.07, 6.45) is 2.11. The van der Waals surface area contributed by atoms with E-state index in [0.717, 1.165) is 48.9 Å². The first-order valence-electron chi connectivity index (χ1n) is 8.20. The standard InChI is InChI=1S/C18H22N4OS/c1-14-13-24-18(19-14)11-17(23)21-20-16-7-9-22(10-8-16)12-15-5-3-2-4-6-15/h2-6,13H,7-12H2,1H3,(H,21,23). The molecule has 2 aromatic rings. The van der Waals surface area contributed by atoms with Gasteiger partial charge in [0.15, 0.2) is 0 Å². The highest BCUT2D eigenvalue weighted by atomic mass is 32.1. The van der Waals surface area contributed by atoms with Crippen molar-refractivity contribution in [1.82, 2.24) is 15.3 Å². The molecule has 0 atom stereocenters. The molecule has 1 aromatic carbocycles. The molecule has 0 radical (unpaired) electrons. The summed E-state index contributed by atoms with van der Waals surface area (Å²) in [7, 11) is 0. The summed E-state index contributed by atoms with van der Waals surface area (Å²) in [4.78, 5) is 18.6. The zero-order chi connectivity index (χ0) is 16.8. The number of nitrogens with one attached hydrogen (secondary N) is 1. The van der Waals surface area contributed by atoms with Gasteiger partial charge in [0.05, 0.1) is 6.42 Å². The van der Waals surface area contributed by atoms with E-state index in [1.807, 2.05) is 18.4 Å². The Labute approximate surface area is 146 Å². The maximum Gasteiger partial charge on any atom is 0.246 e. The molecule has 1 fully saturated rings. The number of aromatic nitrogens is 1. The van der Waals surface area contributed by atoms with Crippen LogP contribution in [0.3, 0.4) is 0 Å². The van der Waals surface area contributed by atoms with Crippen LogP contribution in [0.15, 0.2) is 40.8 Å². The molecule has 1 amide bonds. The Kier molecular flexibility index (Phi) is 5.72. The Morgan fingerprint density at radius 2 is 2.04 bits per heavy atom. The summed E-state index contributed by atoms with van der Waals surface area (Å²) < 4.78 is 0. The summed E-state index contributed by atoms with van der Waals surface area (Å²) in [6, 6.07) is 10.5. The number of nitrogens with zero attached hydrogens (tertiary/aromatic N) is 3. The number of aryl methyl sites for hydroxylation is 1. The number of benzene rings is 1. The molecule has 1 aliphatic rings. The summed E-state index contributed by atoms with van der Waals surface area (Å²) in [5, 5.41) is 7.09. The van der Waals surface area contributed by atoms with Crippen LogP contribution in [0.4, 0.5) is 0 Å². The number of hydrazone groups is 1. The number of carbonyl (C=O) groups excluding carboxylic acids is 1. The van der Waals surface area contributed by atoms with Gasteiger partial charge in [-0.2, -0.15) is 5.10 Å². The fourth-order valence-corrected chi connectivity index (χ4v) is 3.50. The number of thiazole rings is 1. The number of rotatable bonds is 5. The SMILES string of the molecule is Cc1csc(CC(=O)NN=C2CCN(Cc3ccccc3)CC2)n1. The molecule has 126 valence electrons. The van der Waals surface area contributed by atoms with Gasteiger partial charge < -0.3 is 0 Å². The van der Waals surface area contributed by atoms with Crippen molar-refractivity contribution in [3.05, 3.63) is 52.0 Å². The summed E-state index contributed by atoms with van der Waals surface area (Å²) in [5.41, 5.74) is 6.04. The second kappa shape index (κ2) is 8.17. The minimum Gasteiger partial charge on any atom is -0.298 e. The number of hydrogen-bond acceptors (Lipinski definition) is 5. The lowest BCUT2D eigenvalue weighted by molar-refractivity contribution is -0.120. The lowest BCUT2D eigenvalue weighted by Crippen LogP contribution is -2.34. The summed E-state index contributed by atoms with van der Waals surface area (Å²) >= 11 is 1.51. The van der Waals surface area contributed by atoms with Gasteiger partial charge in [-0.1, -0.05) is 30.3 Å². The number of hydrogen-bond donors (Lipinski definition) is 1. The van der Waals surface area contributed by atoms with Crippen LogP contribution in [-0.2, 0) is 17.8 Å². The predicted octanol–water partition coefficient (Wildman–Crippen LogP) is 2.76.